The summed E-state index contributed by atoms with van der Waals surface area (Å²) in [6, 6.07) is 29.8. The molecule has 1 heterocycles. The van der Waals surface area contributed by atoms with Gasteiger partial charge in [0.25, 0.3) is 5.91 Å². The monoisotopic (exact) mass is 529 g/mol. The first-order valence-electron chi connectivity index (χ1n) is 10.8. The predicted octanol–water partition coefficient (Wildman–Crippen LogP) is 1.20. The van der Waals surface area contributed by atoms with Gasteiger partial charge in [0.1, 0.15) is 12.4 Å². The predicted molar refractivity (Wildman–Crippen MR) is 130 cm³/mol. The molecule has 6 nitrogen and oxygen atoms in total. The van der Waals surface area contributed by atoms with E-state index in [4.69, 9.17) is 4.74 Å². The normalized spacial score (nSPS) is 10.4. The number of amides is 1. The summed E-state index contributed by atoms with van der Waals surface area (Å²) in [6.07, 6.45) is 4.97. The topological polar surface area (TPSA) is 71.6 Å². The van der Waals surface area contributed by atoms with Gasteiger partial charge in [0, 0.05) is 17.7 Å². The number of benzene rings is 3. The zero-order chi connectivity index (χ0) is 23.6. The lowest BCUT2D eigenvalue weighted by atomic mass is 10.1. The Balaban J connectivity index is 0.00000342. The highest BCUT2D eigenvalue weighted by atomic mass is 79.9. The molecular formula is C28H24BrN3O3. The van der Waals surface area contributed by atoms with Crippen LogP contribution in [0.15, 0.2) is 115 Å². The van der Waals surface area contributed by atoms with Gasteiger partial charge in [-0.25, -0.2) is 5.43 Å². The van der Waals surface area contributed by atoms with Gasteiger partial charge in [-0.15, -0.1) is 0 Å². The van der Waals surface area contributed by atoms with E-state index in [0.29, 0.717) is 17.7 Å². The summed E-state index contributed by atoms with van der Waals surface area (Å²) in [5, 5.41) is 4.03. The minimum Gasteiger partial charge on any atom is -1.00 e. The molecule has 0 fully saturated rings. The highest BCUT2D eigenvalue weighted by Crippen LogP contribution is 2.13. The number of hydrogen-bond acceptors (Lipinski definition) is 4. The average Bonchev–Trinajstić information content (AvgIpc) is 2.89. The van der Waals surface area contributed by atoms with Crippen molar-refractivity contribution in [2.45, 2.75) is 13.2 Å². The molecular weight excluding hydrogens is 506 g/mol. The van der Waals surface area contributed by atoms with Crippen molar-refractivity contribution in [1.29, 1.82) is 0 Å². The summed E-state index contributed by atoms with van der Waals surface area (Å²) in [6.45, 7) is 0.705. The molecule has 0 aliphatic rings. The molecule has 3 aromatic carbocycles. The van der Waals surface area contributed by atoms with Crippen LogP contribution >= 0.6 is 0 Å². The second-order valence-corrected chi connectivity index (χ2v) is 7.59. The van der Waals surface area contributed by atoms with E-state index in [2.05, 4.69) is 10.5 Å². The third-order valence-electron chi connectivity index (χ3n) is 5.08. The number of nitrogens with zero attached hydrogens (tertiary/aromatic N) is 2. The SMILES string of the molecule is O=C(C[n+]1ccc(C(=O)NN=Cc2ccc(OCc3ccccc3)cc2)cc1)c1ccccc1.[Br-]. The zero-order valence-corrected chi connectivity index (χ0v) is 20.5. The number of ketones is 1. The van der Waals surface area contributed by atoms with Gasteiger partial charge in [0.2, 0.25) is 12.3 Å². The van der Waals surface area contributed by atoms with Crippen LogP contribution in [0.5, 0.6) is 5.75 Å². The summed E-state index contributed by atoms with van der Waals surface area (Å²) < 4.78 is 7.50. The Bertz CT molecular complexity index is 1260. The fraction of sp³-hybridized carbons (Fsp3) is 0.0714. The first kappa shape index (κ1) is 25.5. The second kappa shape index (κ2) is 13.0. The smallest absolute Gasteiger partial charge is 0.271 e. The van der Waals surface area contributed by atoms with Gasteiger partial charge < -0.3 is 21.7 Å². The number of nitrogens with one attached hydrogen (secondary N) is 1. The Morgan fingerprint density at radius 2 is 1.43 bits per heavy atom. The molecule has 1 N–H and O–H groups in total. The van der Waals surface area contributed by atoms with Gasteiger partial charge in [-0.05, 0) is 35.4 Å². The third kappa shape index (κ3) is 7.72. The first-order chi connectivity index (χ1) is 16.7. The van der Waals surface area contributed by atoms with E-state index in [0.717, 1.165) is 16.9 Å². The van der Waals surface area contributed by atoms with Crippen molar-refractivity contribution in [2.75, 3.05) is 0 Å². The standard InChI is InChI=1S/C28H23N3O3.BrH/c32-27(24-9-5-2-6-10-24)20-31-17-15-25(16-18-31)28(33)30-29-19-22-11-13-26(14-12-22)34-21-23-7-3-1-4-8-23;/h1-19H,20-21H2;1H. The maximum absolute atomic E-state index is 12.3. The average molecular weight is 530 g/mol. The van der Waals surface area contributed by atoms with Crippen LogP contribution < -0.4 is 31.7 Å². The van der Waals surface area contributed by atoms with Gasteiger partial charge >= 0.3 is 0 Å². The molecule has 0 bridgehead atoms. The Hall–Kier alpha value is -4.10. The van der Waals surface area contributed by atoms with E-state index in [1.165, 1.54) is 0 Å². The minimum absolute atomic E-state index is 0. The molecule has 0 saturated carbocycles. The molecule has 7 heteroatoms. The van der Waals surface area contributed by atoms with Crippen LogP contribution in [0, 0.1) is 0 Å². The number of ether oxygens (including phenoxy) is 1. The number of rotatable bonds is 9. The Morgan fingerprint density at radius 1 is 0.800 bits per heavy atom. The molecule has 0 spiro atoms. The summed E-state index contributed by atoms with van der Waals surface area (Å²) in [4.78, 5) is 24.6. The summed E-state index contributed by atoms with van der Waals surface area (Å²) in [7, 11) is 0. The molecule has 4 aromatic rings. The van der Waals surface area contributed by atoms with Crippen molar-refractivity contribution in [3.63, 3.8) is 0 Å². The lowest BCUT2D eigenvalue weighted by molar-refractivity contribution is -0.683. The number of carbonyl (C=O) groups excluding carboxylic acids is 2. The van der Waals surface area contributed by atoms with E-state index in [1.807, 2.05) is 72.8 Å². The van der Waals surface area contributed by atoms with Crippen LogP contribution in [-0.4, -0.2) is 17.9 Å². The number of pyridine rings is 1. The quantitative estimate of drug-likeness (QED) is 0.153. The molecule has 0 radical (unpaired) electrons. The van der Waals surface area contributed by atoms with E-state index < -0.39 is 0 Å². The molecule has 0 unspecified atom stereocenters. The van der Waals surface area contributed by atoms with Gasteiger partial charge in [-0.3, -0.25) is 9.59 Å². The molecule has 4 rings (SSSR count). The fourth-order valence-corrected chi connectivity index (χ4v) is 3.22. The van der Waals surface area contributed by atoms with E-state index in [-0.39, 0.29) is 35.2 Å². The van der Waals surface area contributed by atoms with Crippen molar-refractivity contribution >= 4 is 17.9 Å². The van der Waals surface area contributed by atoms with Gasteiger partial charge in [-0.2, -0.15) is 9.67 Å². The largest absolute Gasteiger partial charge is 1.00 e. The number of aromatic nitrogens is 1. The maximum Gasteiger partial charge on any atom is 0.271 e. The summed E-state index contributed by atoms with van der Waals surface area (Å²) in [5.74, 6) is 0.429. The molecule has 35 heavy (non-hydrogen) atoms. The van der Waals surface area contributed by atoms with E-state index in [1.54, 1.807) is 47.4 Å². The molecule has 0 atom stereocenters. The van der Waals surface area contributed by atoms with Crippen LogP contribution in [0.4, 0.5) is 0 Å². The molecule has 0 saturated heterocycles. The van der Waals surface area contributed by atoms with Crippen LogP contribution in [0.3, 0.4) is 0 Å². The van der Waals surface area contributed by atoms with Gasteiger partial charge in [-0.1, -0.05) is 60.7 Å². The van der Waals surface area contributed by atoms with Crippen LogP contribution in [0.25, 0.3) is 0 Å². The van der Waals surface area contributed by atoms with Crippen molar-refractivity contribution in [3.8, 4) is 5.75 Å². The van der Waals surface area contributed by atoms with Crippen LogP contribution in [0.2, 0.25) is 0 Å². The fourth-order valence-electron chi connectivity index (χ4n) is 3.22. The first-order valence-corrected chi connectivity index (χ1v) is 10.8. The molecule has 176 valence electrons. The Morgan fingerprint density at radius 3 is 2.09 bits per heavy atom. The lowest BCUT2D eigenvalue weighted by Crippen LogP contribution is -3.00. The highest BCUT2D eigenvalue weighted by Gasteiger charge is 2.13. The summed E-state index contributed by atoms with van der Waals surface area (Å²) in [5.41, 5.74) is 5.55. The highest BCUT2D eigenvalue weighted by molar-refractivity contribution is 5.95. The van der Waals surface area contributed by atoms with E-state index in [9.17, 15) is 9.59 Å². The summed E-state index contributed by atoms with van der Waals surface area (Å²) >= 11 is 0. The maximum atomic E-state index is 12.3. The van der Waals surface area contributed by atoms with Crippen LogP contribution in [-0.2, 0) is 13.2 Å². The van der Waals surface area contributed by atoms with Crippen molar-refractivity contribution < 1.29 is 35.9 Å². The lowest BCUT2D eigenvalue weighted by Gasteiger charge is -2.06. The molecule has 0 aliphatic heterocycles. The van der Waals surface area contributed by atoms with Crippen molar-refractivity contribution in [1.82, 2.24) is 5.43 Å². The molecule has 1 amide bonds. The number of halogens is 1. The molecule has 0 aliphatic carbocycles. The van der Waals surface area contributed by atoms with Gasteiger partial charge in [0.15, 0.2) is 12.4 Å². The number of carbonyl (C=O) groups is 2. The number of hydrazone groups is 1. The Kier molecular flexibility index (Phi) is 9.45. The third-order valence-corrected chi connectivity index (χ3v) is 5.08. The number of Topliss-reactive ketones (excluding diaryl/α,β-unsaturated/α-hetero) is 1. The van der Waals surface area contributed by atoms with Gasteiger partial charge in [0.05, 0.1) is 11.8 Å². The Labute approximate surface area is 214 Å². The van der Waals surface area contributed by atoms with E-state index >= 15 is 0 Å². The second-order valence-electron chi connectivity index (χ2n) is 7.59. The van der Waals surface area contributed by atoms with Crippen molar-refractivity contribution in [2.24, 2.45) is 5.10 Å². The number of hydrogen-bond donors (Lipinski definition) is 1. The van der Waals surface area contributed by atoms with Crippen LogP contribution in [0.1, 0.15) is 31.8 Å². The zero-order valence-electron chi connectivity index (χ0n) is 18.9. The molecule has 1 aromatic heterocycles. The minimum atomic E-state index is -0.333. The van der Waals surface area contributed by atoms with Crippen molar-refractivity contribution in [3.05, 3.63) is 132 Å².